The quantitative estimate of drug-likeness (QED) is 0.514. The van der Waals surface area contributed by atoms with Gasteiger partial charge in [0.05, 0.1) is 17.2 Å². The molecule has 0 aliphatic rings. The largest absolute Gasteiger partial charge is 0.433 e. The maximum Gasteiger partial charge on any atom is 0.433 e. The Morgan fingerprint density at radius 3 is 2.55 bits per heavy atom. The summed E-state index contributed by atoms with van der Waals surface area (Å²) in [5.41, 5.74) is 1.82. The molecule has 0 fully saturated rings. The zero-order valence-corrected chi connectivity index (χ0v) is 12.6. The molecule has 0 aliphatic heterocycles. The zero-order valence-electron chi connectivity index (χ0n) is 11.8. The lowest BCUT2D eigenvalue weighted by atomic mass is 10.1. The third kappa shape index (κ3) is 3.50. The molecule has 0 amide bonds. The van der Waals surface area contributed by atoms with Gasteiger partial charge in [-0.15, -0.1) is 0 Å². The van der Waals surface area contributed by atoms with Crippen molar-refractivity contribution in [3.05, 3.63) is 57.3 Å². The first kappa shape index (κ1) is 15.7. The summed E-state index contributed by atoms with van der Waals surface area (Å²) in [6.45, 7) is 3.68. The minimum Gasteiger partial charge on any atom is -0.400 e. The van der Waals surface area contributed by atoms with Gasteiger partial charge in [-0.25, -0.2) is 0 Å². The van der Waals surface area contributed by atoms with Crippen molar-refractivity contribution in [2.45, 2.75) is 18.7 Å². The molecule has 2 aromatic rings. The molecule has 0 spiro atoms. The Labute approximate surface area is 126 Å². The molecule has 9 heteroatoms. The Kier molecular flexibility index (Phi) is 4.27. The van der Waals surface area contributed by atoms with E-state index >= 15 is 0 Å². The Morgan fingerprint density at radius 1 is 1.23 bits per heavy atom. The minimum absolute atomic E-state index is 0.0643. The molecule has 0 unspecified atom stereocenters. The summed E-state index contributed by atoms with van der Waals surface area (Å²) < 4.78 is 28.9. The second kappa shape index (κ2) is 5.98. The van der Waals surface area contributed by atoms with Crippen LogP contribution in [0.2, 0.25) is 0 Å². The van der Waals surface area contributed by atoms with Crippen LogP contribution in [0.3, 0.4) is 0 Å². The van der Waals surface area contributed by atoms with Crippen LogP contribution in [0.15, 0.2) is 44.7 Å². The topological polar surface area (TPSA) is 115 Å². The second-order valence-corrected chi connectivity index (χ2v) is 6.19. The molecular weight excluding hydrogens is 310 g/mol. The van der Waals surface area contributed by atoms with Gasteiger partial charge in [-0.3, -0.25) is 10.1 Å². The molecule has 8 nitrogen and oxygen atoms in total. The van der Waals surface area contributed by atoms with Crippen molar-refractivity contribution in [3.63, 3.8) is 0 Å². The van der Waals surface area contributed by atoms with Crippen LogP contribution in [0.1, 0.15) is 16.9 Å². The first-order valence-corrected chi connectivity index (χ1v) is 7.64. The van der Waals surface area contributed by atoms with Crippen LogP contribution in [0, 0.1) is 24.0 Å². The van der Waals surface area contributed by atoms with Crippen LogP contribution in [-0.2, 0) is 10.0 Å². The lowest BCUT2D eigenvalue weighted by Gasteiger charge is -2.05. The van der Waals surface area contributed by atoms with Crippen molar-refractivity contribution >= 4 is 22.1 Å². The van der Waals surface area contributed by atoms with E-state index in [2.05, 4.69) is 5.10 Å². The maximum absolute atomic E-state index is 12.0. The van der Waals surface area contributed by atoms with Gasteiger partial charge >= 0.3 is 5.88 Å². The van der Waals surface area contributed by atoms with Crippen molar-refractivity contribution < 1.29 is 17.8 Å². The molecule has 0 aliphatic carbocycles. The van der Waals surface area contributed by atoms with Gasteiger partial charge in [0.15, 0.2) is 5.76 Å². The summed E-state index contributed by atoms with van der Waals surface area (Å²) in [5, 5.41) is 14.0. The molecule has 0 radical (unpaired) electrons. The number of furan rings is 1. The van der Waals surface area contributed by atoms with E-state index in [1.54, 1.807) is 13.0 Å². The van der Waals surface area contributed by atoms with Gasteiger partial charge in [-0.1, -0.05) is 6.07 Å². The summed E-state index contributed by atoms with van der Waals surface area (Å²) in [4.78, 5) is 11.9. The number of hydrogen-bond donors (Lipinski definition) is 1. The summed E-state index contributed by atoms with van der Waals surface area (Å²) in [6.07, 6.45) is 1.05. The number of aryl methyl sites for hydroxylation is 2. The molecule has 0 bridgehead atoms. The van der Waals surface area contributed by atoms with Crippen LogP contribution in [0.4, 0.5) is 5.88 Å². The van der Waals surface area contributed by atoms with E-state index in [0.717, 1.165) is 23.4 Å². The Hall–Kier alpha value is -2.68. The lowest BCUT2D eigenvalue weighted by molar-refractivity contribution is -0.402. The highest BCUT2D eigenvalue weighted by molar-refractivity contribution is 7.89. The molecule has 116 valence electrons. The molecule has 0 atom stereocenters. The smallest absolute Gasteiger partial charge is 0.400 e. The van der Waals surface area contributed by atoms with Crippen molar-refractivity contribution in [2.24, 2.45) is 5.10 Å². The summed E-state index contributed by atoms with van der Waals surface area (Å²) in [5.74, 6) is -0.382. The maximum atomic E-state index is 12.0. The molecular formula is C13H13N3O5S. The highest BCUT2D eigenvalue weighted by atomic mass is 32.2. The number of nitrogens with zero attached hydrogens (tertiary/aromatic N) is 2. The number of sulfonamides is 1. The molecule has 1 aromatic carbocycles. The number of hydrogen-bond acceptors (Lipinski definition) is 6. The van der Waals surface area contributed by atoms with Gasteiger partial charge in [-0.2, -0.15) is 18.4 Å². The summed E-state index contributed by atoms with van der Waals surface area (Å²) in [7, 11) is -3.80. The standard InChI is InChI=1S/C13H13N3O5S/c1-9-3-5-12(7-10(9)2)22(19,20)15-14-8-11-4-6-13(21-11)16(17)18/h3-8,15H,1-2H3/b14-8-. The van der Waals surface area contributed by atoms with E-state index in [-0.39, 0.29) is 10.7 Å². The molecule has 22 heavy (non-hydrogen) atoms. The predicted molar refractivity (Wildman–Crippen MR) is 79.2 cm³/mol. The van der Waals surface area contributed by atoms with Crippen molar-refractivity contribution in [1.82, 2.24) is 4.83 Å². The van der Waals surface area contributed by atoms with Crippen LogP contribution >= 0.6 is 0 Å². The van der Waals surface area contributed by atoms with E-state index in [1.807, 2.05) is 11.8 Å². The van der Waals surface area contributed by atoms with E-state index in [4.69, 9.17) is 4.42 Å². The molecule has 2 rings (SSSR count). The van der Waals surface area contributed by atoms with E-state index < -0.39 is 20.8 Å². The van der Waals surface area contributed by atoms with Crippen LogP contribution in [0.5, 0.6) is 0 Å². The Bertz CT molecular complexity index is 839. The first-order chi connectivity index (χ1) is 10.3. The fraction of sp³-hybridized carbons (Fsp3) is 0.154. The number of rotatable bonds is 5. The highest BCUT2D eigenvalue weighted by Crippen LogP contribution is 2.15. The number of hydrazone groups is 1. The van der Waals surface area contributed by atoms with Crippen molar-refractivity contribution in [2.75, 3.05) is 0 Å². The molecule has 0 saturated heterocycles. The van der Waals surface area contributed by atoms with Gasteiger partial charge < -0.3 is 4.42 Å². The van der Waals surface area contributed by atoms with Crippen molar-refractivity contribution in [3.8, 4) is 0 Å². The Morgan fingerprint density at radius 2 is 1.95 bits per heavy atom. The van der Waals surface area contributed by atoms with Crippen LogP contribution in [0.25, 0.3) is 0 Å². The van der Waals surface area contributed by atoms with Crippen molar-refractivity contribution in [1.29, 1.82) is 0 Å². The number of nitro groups is 1. The third-order valence-corrected chi connectivity index (χ3v) is 4.17. The Balaban J connectivity index is 2.13. The minimum atomic E-state index is -3.80. The van der Waals surface area contributed by atoms with E-state index in [0.29, 0.717) is 0 Å². The van der Waals surface area contributed by atoms with Gasteiger partial charge in [0.25, 0.3) is 10.0 Å². The second-order valence-electron chi connectivity index (χ2n) is 4.53. The molecule has 1 heterocycles. The monoisotopic (exact) mass is 323 g/mol. The third-order valence-electron chi connectivity index (χ3n) is 2.95. The highest BCUT2D eigenvalue weighted by Gasteiger charge is 2.14. The average molecular weight is 323 g/mol. The first-order valence-electron chi connectivity index (χ1n) is 6.16. The fourth-order valence-electron chi connectivity index (χ4n) is 1.60. The summed E-state index contributed by atoms with van der Waals surface area (Å²) >= 11 is 0. The van der Waals surface area contributed by atoms with E-state index in [9.17, 15) is 18.5 Å². The number of nitrogens with one attached hydrogen (secondary N) is 1. The van der Waals surface area contributed by atoms with Gasteiger partial charge in [0.2, 0.25) is 0 Å². The lowest BCUT2D eigenvalue weighted by Crippen LogP contribution is -2.18. The summed E-state index contributed by atoms with van der Waals surface area (Å²) in [6, 6.07) is 7.16. The van der Waals surface area contributed by atoms with E-state index in [1.165, 1.54) is 18.2 Å². The molecule has 1 N–H and O–H groups in total. The van der Waals surface area contributed by atoms with Gasteiger partial charge in [0.1, 0.15) is 4.92 Å². The van der Waals surface area contributed by atoms with Crippen LogP contribution < -0.4 is 4.83 Å². The predicted octanol–water partition coefficient (Wildman–Crippen LogP) is 2.12. The normalized spacial score (nSPS) is 11.7. The average Bonchev–Trinajstić information content (AvgIpc) is 2.90. The number of benzene rings is 1. The van der Waals surface area contributed by atoms with Crippen LogP contribution in [-0.4, -0.2) is 19.6 Å². The van der Waals surface area contributed by atoms with Gasteiger partial charge in [0, 0.05) is 0 Å². The molecule has 0 saturated carbocycles. The fourth-order valence-corrected chi connectivity index (χ4v) is 2.48. The molecule has 1 aromatic heterocycles. The van der Waals surface area contributed by atoms with Gasteiger partial charge in [-0.05, 0) is 43.2 Å². The zero-order chi connectivity index (χ0) is 16.3. The SMILES string of the molecule is Cc1ccc(S(=O)(=O)N/N=C\c2ccc([N+](=O)[O-])o2)cc1C.